The molecule has 84 valence electrons. The van der Waals surface area contributed by atoms with Gasteiger partial charge in [0.15, 0.2) is 0 Å². The minimum Gasteiger partial charge on any atom is -0.303 e. The van der Waals surface area contributed by atoms with Crippen molar-refractivity contribution in [1.82, 2.24) is 0 Å². The van der Waals surface area contributed by atoms with Gasteiger partial charge in [0.1, 0.15) is 6.29 Å². The van der Waals surface area contributed by atoms with E-state index in [4.69, 9.17) is 0 Å². The second-order valence-corrected chi connectivity index (χ2v) is 6.52. The molecule has 0 aromatic rings. The van der Waals surface area contributed by atoms with Crippen LogP contribution in [0.15, 0.2) is 0 Å². The van der Waals surface area contributed by atoms with Crippen molar-refractivity contribution in [2.24, 2.45) is 40.9 Å². The van der Waals surface area contributed by atoms with E-state index in [9.17, 15) is 4.79 Å². The third kappa shape index (κ3) is 1.02. The van der Waals surface area contributed by atoms with Crippen LogP contribution in [0.25, 0.3) is 0 Å². The molecule has 0 aliphatic heterocycles. The summed E-state index contributed by atoms with van der Waals surface area (Å²) in [6.45, 7) is 7.19. The van der Waals surface area contributed by atoms with Crippen molar-refractivity contribution >= 4 is 6.29 Å². The summed E-state index contributed by atoms with van der Waals surface area (Å²) in [6.07, 6.45) is 4.57. The lowest BCUT2D eigenvalue weighted by atomic mass is 9.65. The van der Waals surface area contributed by atoms with Gasteiger partial charge in [-0.3, -0.25) is 0 Å². The molecule has 6 atom stereocenters. The first-order chi connectivity index (χ1) is 7.14. The second kappa shape index (κ2) is 2.87. The summed E-state index contributed by atoms with van der Waals surface area (Å²) in [5, 5.41) is 0. The van der Waals surface area contributed by atoms with Crippen molar-refractivity contribution in [3.63, 3.8) is 0 Å². The molecule has 0 radical (unpaired) electrons. The van der Waals surface area contributed by atoms with E-state index in [2.05, 4.69) is 20.8 Å². The number of aldehydes is 1. The average Bonchev–Trinajstić information content (AvgIpc) is 3.02. The van der Waals surface area contributed by atoms with Crippen LogP contribution in [-0.4, -0.2) is 6.29 Å². The topological polar surface area (TPSA) is 17.1 Å². The minimum atomic E-state index is 0.674. The van der Waals surface area contributed by atoms with Crippen LogP contribution >= 0.6 is 0 Å². The highest BCUT2D eigenvalue weighted by atomic mass is 16.1. The second-order valence-electron chi connectivity index (χ2n) is 6.52. The van der Waals surface area contributed by atoms with Crippen molar-refractivity contribution in [2.45, 2.75) is 40.0 Å². The summed E-state index contributed by atoms with van der Waals surface area (Å²) in [4.78, 5) is 10.5. The molecule has 4 rings (SSSR count). The monoisotopic (exact) mass is 206 g/mol. The Morgan fingerprint density at radius 2 is 2.07 bits per heavy atom. The molecular formula is C14H22O. The van der Waals surface area contributed by atoms with Crippen molar-refractivity contribution in [2.75, 3.05) is 0 Å². The standard InChI is InChI=1S/C14H22O/c1-8(2)10-7-9(3)11-13-12(10)14(11,13)5-4-6-15/h6,8-13H,4-5,7H2,1-3H3/t9?,10?,11?,12?,13-,14+/m1/s1. The summed E-state index contributed by atoms with van der Waals surface area (Å²) in [5.41, 5.74) is 0.674. The maximum absolute atomic E-state index is 10.5. The maximum Gasteiger partial charge on any atom is 0.120 e. The quantitative estimate of drug-likeness (QED) is 0.646. The molecular weight excluding hydrogens is 184 g/mol. The Balaban J connectivity index is 1.73. The summed E-state index contributed by atoms with van der Waals surface area (Å²) >= 11 is 0. The normalized spacial score (nSPS) is 55.1. The fourth-order valence-corrected chi connectivity index (χ4v) is 5.14. The van der Waals surface area contributed by atoms with Gasteiger partial charge in [-0.2, -0.15) is 0 Å². The first-order valence-corrected chi connectivity index (χ1v) is 6.58. The van der Waals surface area contributed by atoms with Crippen LogP contribution in [0.3, 0.4) is 0 Å². The number of rotatable bonds is 4. The van der Waals surface area contributed by atoms with Gasteiger partial charge in [-0.1, -0.05) is 20.8 Å². The summed E-state index contributed by atoms with van der Waals surface area (Å²) in [7, 11) is 0. The Labute approximate surface area is 92.6 Å². The molecule has 4 aliphatic rings. The Morgan fingerprint density at radius 3 is 2.67 bits per heavy atom. The van der Waals surface area contributed by atoms with Gasteiger partial charge in [-0.25, -0.2) is 0 Å². The smallest absolute Gasteiger partial charge is 0.120 e. The molecule has 0 amide bonds. The first kappa shape index (κ1) is 9.86. The van der Waals surface area contributed by atoms with E-state index in [1.807, 2.05) is 0 Å². The molecule has 15 heavy (non-hydrogen) atoms. The van der Waals surface area contributed by atoms with Crippen LogP contribution in [0.5, 0.6) is 0 Å². The molecule has 0 heterocycles. The van der Waals surface area contributed by atoms with Crippen LogP contribution in [0.4, 0.5) is 0 Å². The predicted octanol–water partition coefficient (Wildman–Crippen LogP) is 3.14. The van der Waals surface area contributed by atoms with E-state index in [-0.39, 0.29) is 0 Å². The Kier molecular flexibility index (Phi) is 1.88. The SMILES string of the molecule is CC(C)C1CC(C)C2[C@@H]3C1[C@]23CCC=O. The van der Waals surface area contributed by atoms with E-state index in [0.717, 1.165) is 48.2 Å². The van der Waals surface area contributed by atoms with Gasteiger partial charge in [-0.15, -0.1) is 0 Å². The summed E-state index contributed by atoms with van der Waals surface area (Å²) in [6, 6.07) is 0. The fourth-order valence-electron chi connectivity index (χ4n) is 5.14. The average molecular weight is 206 g/mol. The summed E-state index contributed by atoms with van der Waals surface area (Å²) in [5.74, 6) is 5.80. The third-order valence-corrected chi connectivity index (χ3v) is 5.69. The molecule has 1 nitrogen and oxygen atoms in total. The third-order valence-electron chi connectivity index (χ3n) is 5.69. The molecule has 4 aliphatic carbocycles. The summed E-state index contributed by atoms with van der Waals surface area (Å²) < 4.78 is 0. The molecule has 0 spiro atoms. The number of carbonyl (C=O) groups is 1. The van der Waals surface area contributed by atoms with Crippen LogP contribution in [0.2, 0.25) is 0 Å². The van der Waals surface area contributed by atoms with Crippen LogP contribution in [0, 0.1) is 40.9 Å². The molecule has 2 bridgehead atoms. The van der Waals surface area contributed by atoms with Gasteiger partial charge >= 0.3 is 0 Å². The van der Waals surface area contributed by atoms with E-state index in [1.165, 1.54) is 12.8 Å². The zero-order valence-corrected chi connectivity index (χ0v) is 10.1. The number of hydrogen-bond donors (Lipinski definition) is 0. The van der Waals surface area contributed by atoms with Crippen molar-refractivity contribution in [3.8, 4) is 0 Å². The first-order valence-electron chi connectivity index (χ1n) is 6.58. The van der Waals surface area contributed by atoms with Gasteiger partial charge in [0.25, 0.3) is 0 Å². The minimum absolute atomic E-state index is 0.674. The van der Waals surface area contributed by atoms with Crippen molar-refractivity contribution < 1.29 is 4.79 Å². The van der Waals surface area contributed by atoms with Crippen LogP contribution in [0.1, 0.15) is 40.0 Å². The predicted molar refractivity (Wildman–Crippen MR) is 60.3 cm³/mol. The number of carbonyl (C=O) groups excluding carboxylic acids is 1. The highest BCUT2D eigenvalue weighted by Crippen LogP contribution is 2.92. The van der Waals surface area contributed by atoms with Crippen LogP contribution < -0.4 is 0 Å². The van der Waals surface area contributed by atoms with Crippen LogP contribution in [-0.2, 0) is 4.79 Å². The van der Waals surface area contributed by atoms with E-state index >= 15 is 0 Å². The molecule has 0 aromatic heterocycles. The lowest BCUT2D eigenvalue weighted by molar-refractivity contribution is -0.108. The highest BCUT2D eigenvalue weighted by Gasteiger charge is 2.88. The van der Waals surface area contributed by atoms with Gasteiger partial charge < -0.3 is 4.79 Å². The van der Waals surface area contributed by atoms with Gasteiger partial charge in [0, 0.05) is 6.42 Å². The van der Waals surface area contributed by atoms with Gasteiger partial charge in [-0.05, 0) is 53.8 Å². The number of hydrogen-bond acceptors (Lipinski definition) is 1. The molecule has 4 unspecified atom stereocenters. The van der Waals surface area contributed by atoms with E-state index in [0.29, 0.717) is 5.41 Å². The van der Waals surface area contributed by atoms with Crippen molar-refractivity contribution in [3.05, 3.63) is 0 Å². The Hall–Kier alpha value is -0.330. The number of fused-ring (bicyclic) bond motifs is 2. The van der Waals surface area contributed by atoms with Gasteiger partial charge in [0.05, 0.1) is 0 Å². The lowest BCUT2D eigenvalue weighted by Crippen LogP contribution is -2.33. The molecule has 0 saturated heterocycles. The molecule has 4 saturated carbocycles. The van der Waals surface area contributed by atoms with E-state index < -0.39 is 0 Å². The Bertz CT molecular complexity index is 296. The zero-order chi connectivity index (χ0) is 10.8. The molecule has 4 fully saturated rings. The fraction of sp³-hybridized carbons (Fsp3) is 0.929. The van der Waals surface area contributed by atoms with Crippen molar-refractivity contribution in [1.29, 1.82) is 0 Å². The molecule has 0 aromatic carbocycles. The molecule has 1 heteroatoms. The van der Waals surface area contributed by atoms with Gasteiger partial charge in [0.2, 0.25) is 0 Å². The highest BCUT2D eigenvalue weighted by molar-refractivity contribution is 5.51. The molecule has 0 N–H and O–H groups in total. The zero-order valence-electron chi connectivity index (χ0n) is 10.1. The van der Waals surface area contributed by atoms with E-state index in [1.54, 1.807) is 0 Å². The lowest BCUT2D eigenvalue weighted by Gasteiger charge is -2.40. The largest absolute Gasteiger partial charge is 0.303 e. The Morgan fingerprint density at radius 1 is 1.33 bits per heavy atom. The maximum atomic E-state index is 10.5.